The van der Waals surface area contributed by atoms with Gasteiger partial charge in [0.1, 0.15) is 6.54 Å². The van der Waals surface area contributed by atoms with Gasteiger partial charge < -0.3 is 20.3 Å². The Morgan fingerprint density at radius 1 is 1.03 bits per heavy atom. The van der Waals surface area contributed by atoms with Gasteiger partial charge in [0.2, 0.25) is 11.8 Å². The van der Waals surface area contributed by atoms with E-state index >= 15 is 0 Å². The summed E-state index contributed by atoms with van der Waals surface area (Å²) in [6.45, 7) is 2.28. The molecule has 0 saturated carbocycles. The Labute approximate surface area is 185 Å². The van der Waals surface area contributed by atoms with Crippen molar-refractivity contribution in [2.45, 2.75) is 38.2 Å². The van der Waals surface area contributed by atoms with Crippen LogP contribution in [0.2, 0.25) is 0 Å². The number of amides is 2. The average Bonchev–Trinajstić information content (AvgIpc) is 3.19. The van der Waals surface area contributed by atoms with E-state index in [1.165, 1.54) is 23.5 Å². The summed E-state index contributed by atoms with van der Waals surface area (Å²) in [6.07, 6.45) is 2.47. The van der Waals surface area contributed by atoms with Crippen molar-refractivity contribution in [3.8, 4) is 0 Å². The normalized spacial score (nSPS) is 10.6. The molecule has 1 aromatic heterocycles. The Morgan fingerprint density at radius 3 is 2.45 bits per heavy atom. The molecular formula is C23H26N4O3S. The molecule has 2 aromatic carbocycles. The van der Waals surface area contributed by atoms with Crippen molar-refractivity contribution in [3.05, 3.63) is 77.6 Å². The van der Waals surface area contributed by atoms with E-state index in [2.05, 4.69) is 22.5 Å². The highest BCUT2D eigenvalue weighted by molar-refractivity contribution is 7.99. The molecule has 3 N–H and O–H groups in total. The van der Waals surface area contributed by atoms with Gasteiger partial charge in [-0.15, -0.1) is 0 Å². The van der Waals surface area contributed by atoms with Crippen molar-refractivity contribution in [3.63, 3.8) is 0 Å². The molecule has 0 fully saturated rings. The van der Waals surface area contributed by atoms with Crippen LogP contribution in [0, 0.1) is 0 Å². The molecule has 0 bridgehead atoms. The van der Waals surface area contributed by atoms with E-state index in [0.29, 0.717) is 17.4 Å². The van der Waals surface area contributed by atoms with E-state index in [1.807, 2.05) is 54.6 Å². The zero-order valence-corrected chi connectivity index (χ0v) is 18.2. The van der Waals surface area contributed by atoms with Crippen LogP contribution in [0.4, 0.5) is 5.69 Å². The average molecular weight is 439 g/mol. The number of hydrogen-bond acceptors (Lipinski definition) is 5. The summed E-state index contributed by atoms with van der Waals surface area (Å²) in [5.74, 6) is -0.218. The molecule has 8 heteroatoms. The van der Waals surface area contributed by atoms with Crippen LogP contribution in [0.25, 0.3) is 0 Å². The second-order valence-corrected chi connectivity index (χ2v) is 7.87. The van der Waals surface area contributed by atoms with Crippen molar-refractivity contribution in [1.29, 1.82) is 0 Å². The van der Waals surface area contributed by atoms with Crippen LogP contribution in [-0.4, -0.2) is 32.2 Å². The van der Waals surface area contributed by atoms with Crippen molar-refractivity contribution < 1.29 is 14.7 Å². The number of thioether (sulfide) groups is 1. The number of aryl methyl sites for hydroxylation is 1. The van der Waals surface area contributed by atoms with Crippen LogP contribution in [-0.2, 0) is 35.7 Å². The van der Waals surface area contributed by atoms with Crippen LogP contribution in [0.3, 0.4) is 0 Å². The zero-order valence-electron chi connectivity index (χ0n) is 17.4. The third kappa shape index (κ3) is 6.70. The lowest BCUT2D eigenvalue weighted by molar-refractivity contribution is -0.122. The maximum atomic E-state index is 12.4. The number of carbonyl (C=O) groups is 2. The number of benzene rings is 2. The third-order valence-corrected chi connectivity index (χ3v) is 5.67. The van der Waals surface area contributed by atoms with Gasteiger partial charge in [0.05, 0.1) is 24.3 Å². The minimum Gasteiger partial charge on any atom is -0.390 e. The molecule has 0 unspecified atom stereocenters. The van der Waals surface area contributed by atoms with Crippen molar-refractivity contribution in [2.75, 3.05) is 11.1 Å². The van der Waals surface area contributed by atoms with E-state index in [0.717, 1.165) is 17.7 Å². The van der Waals surface area contributed by atoms with Crippen LogP contribution >= 0.6 is 11.8 Å². The molecule has 0 spiro atoms. The first-order valence-corrected chi connectivity index (χ1v) is 11.0. The standard InChI is InChI=1S/C23H26N4O3S/c1-2-17-8-10-19(11-9-17)26-22(30)16-31-23-25-13-20(15-28)27(23)14-21(29)24-12-18-6-4-3-5-7-18/h3-11,13,28H,2,12,14-16H2,1H3,(H,24,29)(H,26,30). The van der Waals surface area contributed by atoms with E-state index in [4.69, 9.17) is 0 Å². The van der Waals surface area contributed by atoms with Gasteiger partial charge in [-0.25, -0.2) is 4.98 Å². The van der Waals surface area contributed by atoms with E-state index in [1.54, 1.807) is 4.57 Å². The summed E-state index contributed by atoms with van der Waals surface area (Å²) in [7, 11) is 0. The number of anilines is 1. The lowest BCUT2D eigenvalue weighted by Gasteiger charge is -2.11. The van der Waals surface area contributed by atoms with Crippen LogP contribution in [0.1, 0.15) is 23.7 Å². The number of aliphatic hydroxyl groups excluding tert-OH is 1. The highest BCUT2D eigenvalue weighted by Crippen LogP contribution is 2.19. The Kier molecular flexibility index (Phi) is 8.26. The number of imidazole rings is 1. The van der Waals surface area contributed by atoms with Gasteiger partial charge in [0.25, 0.3) is 0 Å². The number of carbonyl (C=O) groups excluding carboxylic acids is 2. The van der Waals surface area contributed by atoms with Gasteiger partial charge in [0, 0.05) is 12.2 Å². The highest BCUT2D eigenvalue weighted by Gasteiger charge is 2.15. The molecule has 2 amide bonds. The molecule has 0 atom stereocenters. The van der Waals surface area contributed by atoms with Crippen LogP contribution < -0.4 is 10.6 Å². The number of nitrogens with one attached hydrogen (secondary N) is 2. The highest BCUT2D eigenvalue weighted by atomic mass is 32.2. The Hall–Kier alpha value is -3.10. The molecule has 0 aliphatic rings. The van der Waals surface area contributed by atoms with Crippen molar-refractivity contribution in [2.24, 2.45) is 0 Å². The Balaban J connectivity index is 1.55. The topological polar surface area (TPSA) is 96.2 Å². The first-order valence-electron chi connectivity index (χ1n) is 10.1. The number of rotatable bonds is 10. The van der Waals surface area contributed by atoms with Crippen LogP contribution in [0.15, 0.2) is 66.0 Å². The molecule has 3 aromatic rings. The molecule has 3 rings (SSSR count). The Morgan fingerprint density at radius 2 is 1.77 bits per heavy atom. The quantitative estimate of drug-likeness (QED) is 0.423. The van der Waals surface area contributed by atoms with E-state index in [9.17, 15) is 14.7 Å². The molecule has 0 aliphatic heterocycles. The lowest BCUT2D eigenvalue weighted by atomic mass is 10.1. The summed E-state index contributed by atoms with van der Waals surface area (Å²) in [5.41, 5.74) is 3.47. The zero-order chi connectivity index (χ0) is 22.1. The maximum absolute atomic E-state index is 12.4. The second kappa shape index (κ2) is 11.3. The van der Waals surface area contributed by atoms with Gasteiger partial charge >= 0.3 is 0 Å². The largest absolute Gasteiger partial charge is 0.390 e. The fourth-order valence-corrected chi connectivity index (χ4v) is 3.75. The number of hydrogen-bond donors (Lipinski definition) is 3. The first kappa shape index (κ1) is 22.6. The Bertz CT molecular complexity index is 1000. The molecule has 162 valence electrons. The minimum atomic E-state index is -0.241. The molecule has 0 saturated heterocycles. The summed E-state index contributed by atoms with van der Waals surface area (Å²) in [6, 6.07) is 17.3. The number of aliphatic hydroxyl groups is 1. The van der Waals surface area contributed by atoms with Gasteiger partial charge in [0.15, 0.2) is 5.16 Å². The molecule has 31 heavy (non-hydrogen) atoms. The predicted molar refractivity (Wildman–Crippen MR) is 122 cm³/mol. The lowest BCUT2D eigenvalue weighted by Crippen LogP contribution is -2.28. The van der Waals surface area contributed by atoms with Gasteiger partial charge in [-0.3, -0.25) is 9.59 Å². The fourth-order valence-electron chi connectivity index (χ4n) is 2.95. The maximum Gasteiger partial charge on any atom is 0.240 e. The van der Waals surface area contributed by atoms with E-state index < -0.39 is 0 Å². The molecular weight excluding hydrogens is 412 g/mol. The third-order valence-electron chi connectivity index (χ3n) is 4.68. The van der Waals surface area contributed by atoms with Crippen molar-refractivity contribution in [1.82, 2.24) is 14.9 Å². The fraction of sp³-hybridized carbons (Fsp3) is 0.261. The summed E-state index contributed by atoms with van der Waals surface area (Å²) in [4.78, 5) is 29.0. The molecule has 1 heterocycles. The first-order chi connectivity index (χ1) is 15.1. The number of aromatic nitrogens is 2. The van der Waals surface area contributed by atoms with Crippen molar-refractivity contribution >= 4 is 29.3 Å². The van der Waals surface area contributed by atoms with Gasteiger partial charge in [-0.2, -0.15) is 0 Å². The van der Waals surface area contributed by atoms with Gasteiger partial charge in [-0.05, 0) is 29.7 Å². The van der Waals surface area contributed by atoms with E-state index in [-0.39, 0.29) is 30.7 Å². The second-order valence-electron chi connectivity index (χ2n) is 6.93. The summed E-state index contributed by atoms with van der Waals surface area (Å²) in [5, 5.41) is 15.8. The van der Waals surface area contributed by atoms with Crippen LogP contribution in [0.5, 0.6) is 0 Å². The minimum absolute atomic E-state index is 0.0190. The molecule has 7 nitrogen and oxygen atoms in total. The summed E-state index contributed by atoms with van der Waals surface area (Å²) >= 11 is 1.22. The molecule has 0 radical (unpaired) electrons. The molecule has 0 aliphatic carbocycles. The number of nitrogens with zero attached hydrogens (tertiary/aromatic N) is 2. The summed E-state index contributed by atoms with van der Waals surface area (Å²) < 4.78 is 1.63. The monoisotopic (exact) mass is 438 g/mol. The smallest absolute Gasteiger partial charge is 0.240 e. The SMILES string of the molecule is CCc1ccc(NC(=O)CSc2ncc(CO)n2CC(=O)NCc2ccccc2)cc1. The van der Waals surface area contributed by atoms with Gasteiger partial charge in [-0.1, -0.05) is 61.2 Å². The predicted octanol–water partition coefficient (Wildman–Crippen LogP) is 2.99.